The number of amides is 3. The van der Waals surface area contributed by atoms with Crippen LogP contribution in [0.5, 0.6) is 28.7 Å². The summed E-state index contributed by atoms with van der Waals surface area (Å²) in [6.07, 6.45) is -15.1. The summed E-state index contributed by atoms with van der Waals surface area (Å²) in [6, 6.07) is 14.9. The molecule has 0 radical (unpaired) electrons. The highest BCUT2D eigenvalue weighted by Gasteiger charge is 2.68. The molecule has 0 bridgehead atoms. The molecule has 0 aliphatic carbocycles. The Kier molecular flexibility index (Phi) is 25.2. The molecule has 6 aliphatic heterocycles. The van der Waals surface area contributed by atoms with Gasteiger partial charge in [-0.1, -0.05) is 23.2 Å². The van der Waals surface area contributed by atoms with E-state index in [9.17, 15) is 42.5 Å². The van der Waals surface area contributed by atoms with E-state index in [4.69, 9.17) is 102 Å². The van der Waals surface area contributed by atoms with Crippen molar-refractivity contribution in [2.75, 3.05) is 71.3 Å². The maximum atomic E-state index is 15.3. The summed E-state index contributed by atoms with van der Waals surface area (Å²) in [5.74, 6) is -12.6. The van der Waals surface area contributed by atoms with Crippen LogP contribution in [0.25, 0.3) is 0 Å². The van der Waals surface area contributed by atoms with E-state index in [-0.39, 0.29) is 55.7 Å². The molecule has 6 aliphatic rings. The third-order valence-electron chi connectivity index (χ3n) is 15.7. The van der Waals surface area contributed by atoms with Crippen molar-refractivity contribution in [3.8, 4) is 28.7 Å². The normalized spacial score (nSPS) is 27.0. The summed E-state index contributed by atoms with van der Waals surface area (Å²) in [5.41, 5.74) is -3.04. The first-order chi connectivity index (χ1) is 50.8. The number of phosphoric ester groups is 3. The molecule has 6 fully saturated rings. The van der Waals surface area contributed by atoms with E-state index < -0.39 is 169 Å². The highest BCUT2D eigenvalue weighted by atomic mass is 35.5. The van der Waals surface area contributed by atoms with E-state index >= 15 is 26.3 Å². The second-order valence-corrected chi connectivity index (χ2v) is 29.9. The molecule has 12 rings (SSSR count). The van der Waals surface area contributed by atoms with Gasteiger partial charge in [0.1, 0.15) is 35.8 Å². The number of rotatable bonds is 20. The highest BCUT2D eigenvalue weighted by Crippen LogP contribution is 2.63. The van der Waals surface area contributed by atoms with Crippen LogP contribution in [-0.4, -0.2) is 174 Å². The van der Waals surface area contributed by atoms with Gasteiger partial charge in [-0.3, -0.25) is 68.8 Å². The molecule has 3 aromatic carbocycles. The first kappa shape index (κ1) is 82.6. The zero-order valence-electron chi connectivity index (χ0n) is 58.3. The number of aromatic nitrogens is 6. The molecule has 35 nitrogen and oxygen atoms in total. The third kappa shape index (κ3) is 17.8. The molecule has 46 heteroatoms. The molecule has 3 N–H and O–H groups in total. The number of benzene rings is 3. The van der Waals surface area contributed by atoms with Gasteiger partial charge in [0.2, 0.25) is 24.4 Å². The third-order valence-corrected chi connectivity index (χ3v) is 21.4. The Morgan fingerprint density at radius 2 is 0.806 bits per heavy atom. The number of carbonyl (C=O) groups is 3. The fourth-order valence-corrected chi connectivity index (χ4v) is 16.1. The summed E-state index contributed by atoms with van der Waals surface area (Å²) in [4.78, 5) is 86.6. The molecule has 3 aromatic heterocycles. The van der Waals surface area contributed by atoms with Crippen molar-refractivity contribution in [3.05, 3.63) is 144 Å². The number of hydrogen-bond donors (Lipinski definition) is 3. The predicted octanol–water partition coefficient (Wildman–Crippen LogP) is 10.3. The van der Waals surface area contributed by atoms with Crippen LogP contribution in [-0.2, 0) is 68.6 Å². The topological polar surface area (TPSA) is 400 Å². The van der Waals surface area contributed by atoms with Crippen LogP contribution in [0.2, 0.25) is 10.0 Å². The molecule has 0 spiro atoms. The molecule has 588 valence electrons. The Morgan fingerprint density at radius 3 is 1.14 bits per heavy atom. The quantitative estimate of drug-likeness (QED) is 0.0472. The number of phosphoric acid groups is 3. The summed E-state index contributed by atoms with van der Waals surface area (Å²) in [5, 5.41) is 7.60. The Labute approximate surface area is 617 Å². The molecule has 0 saturated carbocycles. The lowest BCUT2D eigenvalue weighted by atomic mass is 10.1. The van der Waals surface area contributed by atoms with Crippen LogP contribution >= 0.6 is 46.7 Å². The number of nitrogens with zero attached hydrogens (tertiary/aromatic N) is 6. The van der Waals surface area contributed by atoms with E-state index in [0.717, 1.165) is 36.8 Å². The summed E-state index contributed by atoms with van der Waals surface area (Å²) >= 11 is 11.7. The molecule has 108 heavy (non-hydrogen) atoms. The van der Waals surface area contributed by atoms with E-state index in [0.29, 0.717) is 30.9 Å². The maximum absolute atomic E-state index is 15.3. The number of ether oxygens (including phenoxy) is 8. The largest absolute Gasteiger partial charge is 0.493 e. The van der Waals surface area contributed by atoms with Crippen molar-refractivity contribution in [2.45, 2.75) is 133 Å². The van der Waals surface area contributed by atoms with Gasteiger partial charge in [0, 0.05) is 29.7 Å². The number of methoxy groups -OCH3 is 5. The monoisotopic (exact) mass is 1630 g/mol. The van der Waals surface area contributed by atoms with Crippen molar-refractivity contribution in [1.29, 1.82) is 0 Å². The summed E-state index contributed by atoms with van der Waals surface area (Å²) < 4.78 is 218. The first-order valence-corrected chi connectivity index (χ1v) is 37.1. The lowest BCUT2D eigenvalue weighted by Crippen LogP contribution is -2.45. The zero-order valence-corrected chi connectivity index (χ0v) is 62.5. The van der Waals surface area contributed by atoms with Gasteiger partial charge in [-0.05, 0) is 108 Å². The number of anilines is 3. The van der Waals surface area contributed by atoms with Gasteiger partial charge in [0.15, 0.2) is 41.3 Å². The number of hydrogen-bond acceptors (Lipinski definition) is 29. The Morgan fingerprint density at radius 1 is 0.463 bits per heavy atom. The number of halogens is 8. The minimum absolute atomic E-state index is 0.0380. The van der Waals surface area contributed by atoms with Gasteiger partial charge in [-0.25, -0.2) is 28.1 Å². The second kappa shape index (κ2) is 32.9. The van der Waals surface area contributed by atoms with Crippen molar-refractivity contribution < 1.29 is 133 Å². The molecular formula is C62H68Cl2F6N9O26P3. The fraction of sp³-hybridized carbons (Fsp3) is 0.468. The minimum Gasteiger partial charge on any atom is -0.493 e. The molecule has 3 amide bonds. The van der Waals surface area contributed by atoms with Gasteiger partial charge in [-0.2, -0.15) is 41.3 Å². The number of fused-ring (bicyclic) bond motifs is 3. The molecule has 6 aromatic rings. The number of nitrogens with one attached hydrogen (secondary N) is 3. The van der Waals surface area contributed by atoms with E-state index in [2.05, 4.69) is 30.9 Å². The predicted molar refractivity (Wildman–Crippen MR) is 362 cm³/mol. The average Bonchev–Trinajstić information content (AvgIpc) is 1.60. The fourth-order valence-electron chi connectivity index (χ4n) is 11.1. The van der Waals surface area contributed by atoms with Gasteiger partial charge < -0.3 is 53.8 Å². The molecular weight excluding hydrogens is 1560 g/mol. The Balaban J connectivity index is 0.000000173. The van der Waals surface area contributed by atoms with Crippen molar-refractivity contribution in [2.24, 2.45) is 0 Å². The summed E-state index contributed by atoms with van der Waals surface area (Å²) in [6.45, 7) is 7.78. The molecule has 9 heterocycles. The maximum Gasteiger partial charge on any atom is 0.475 e. The Hall–Kier alpha value is -7.92. The van der Waals surface area contributed by atoms with Crippen LogP contribution in [0, 0.1) is 0 Å². The highest BCUT2D eigenvalue weighted by molar-refractivity contribution is 7.49. The van der Waals surface area contributed by atoms with Gasteiger partial charge in [0.25, 0.3) is 17.7 Å². The average molecular weight is 1630 g/mol. The van der Waals surface area contributed by atoms with Crippen LogP contribution < -0.4 is 56.7 Å². The molecule has 6 saturated heterocycles. The SMILES string of the molecule is CC(C)OP1(=O)OC[C@H]2OC(n3ccc(NC(=O)c4ccc(Cl)c(Cl)c4)nc3=O)C(F)(F)[C@@H]2O1.COc1ccc(C(=O)Nc2ccn(C3O[C@@H]4COP(=O)(OC(C)C)O[C@H]4C3(F)F)c(=O)n2)c(OC)c1OC.COc1ccc(C(=O)Nc2ccn(C3O[C@@H]4COP(=O)(OC(C)C)O[C@H]4C3(F)F)c(=O)n2)cc1OC. The lowest BCUT2D eigenvalue weighted by Gasteiger charge is -2.32. The molecule has 6 unspecified atom stereocenters. The second-order valence-electron chi connectivity index (χ2n) is 24.3. The van der Waals surface area contributed by atoms with Crippen molar-refractivity contribution >= 4 is 81.8 Å². The number of carbonyl (C=O) groups excluding carboxylic acids is 3. The van der Waals surface area contributed by atoms with Crippen LogP contribution in [0.15, 0.2) is 99.7 Å². The van der Waals surface area contributed by atoms with Gasteiger partial charge in [-0.15, -0.1) is 0 Å². The van der Waals surface area contributed by atoms with Crippen molar-refractivity contribution in [1.82, 2.24) is 28.7 Å². The standard InChI is InChI=1S/C22H26F2N3O10P.C21H24F2N3O9P.C19H18Cl2F2N3O7P/c1-11(2)36-38(30)34-10-14-18(37-38)22(23,24)20(35-14)27-9-8-15(26-21(27)29)25-19(28)12-6-7-13(31-3)17(33-5)16(12)32-4;1-11(2)34-36(29)32-10-15-17(35-36)21(22,23)19(33-15)26-8-7-16(25-20(26)28)24-18(27)12-5-6-13(30-3)14(9-12)31-4;1-9(2)32-34(29)30-8-13-15(33-34)19(22,23)17(31-13)26-6-5-14(25-18(26)28)24-16(27)10-3-4-11(20)12(21)7-10/h6-9,11,14,18,20H,10H2,1-5H3,(H,25,26,28,29);5-9,11,15,17,19H,10H2,1-4H3,(H,24,25,27,28);3-7,9,13,15,17H,8H2,1-2H3,(H,24,25,27,28)/t14-,18-,20?,38?;15-,17-,19?,36?;13-,15-,17?,34?/m111/s1. The van der Waals surface area contributed by atoms with Gasteiger partial charge in [0.05, 0.1) is 89.3 Å². The lowest BCUT2D eigenvalue weighted by molar-refractivity contribution is -0.139. The molecule has 12 atom stereocenters. The van der Waals surface area contributed by atoms with Crippen molar-refractivity contribution in [3.63, 3.8) is 0 Å². The first-order valence-electron chi connectivity index (χ1n) is 31.9. The van der Waals surface area contributed by atoms with Gasteiger partial charge >= 0.3 is 58.3 Å². The van der Waals surface area contributed by atoms with Crippen LogP contribution in [0.4, 0.5) is 43.8 Å². The number of alkyl halides is 6. The summed E-state index contributed by atoms with van der Waals surface area (Å²) in [7, 11) is -5.77. The van der Waals surface area contributed by atoms with E-state index in [1.165, 1.54) is 112 Å². The Bertz CT molecular complexity index is 4720. The minimum atomic E-state index is -4.26. The zero-order chi connectivity index (χ0) is 78.9. The van der Waals surface area contributed by atoms with Crippen LogP contribution in [0.1, 0.15) is 91.3 Å². The van der Waals surface area contributed by atoms with Crippen LogP contribution in [0.3, 0.4) is 0 Å². The van der Waals surface area contributed by atoms with E-state index in [1.54, 1.807) is 13.8 Å². The smallest absolute Gasteiger partial charge is 0.475 e. The van der Waals surface area contributed by atoms with E-state index in [1.807, 2.05) is 0 Å².